The van der Waals surface area contributed by atoms with Gasteiger partial charge in [0.05, 0.1) is 24.1 Å². The lowest BCUT2D eigenvalue weighted by molar-refractivity contribution is 0.901. The van der Waals surface area contributed by atoms with Crippen LogP contribution in [-0.2, 0) is 0 Å². The molecule has 15 heavy (non-hydrogen) atoms. The number of nitrogens with zero attached hydrogens (tertiary/aromatic N) is 2. The van der Waals surface area contributed by atoms with E-state index >= 15 is 0 Å². The Hall–Kier alpha value is -0.940. The Bertz CT molecular complexity index is 429. The predicted octanol–water partition coefficient (Wildman–Crippen LogP) is 3.47. The zero-order valence-corrected chi connectivity index (χ0v) is 10.5. The van der Waals surface area contributed by atoms with Gasteiger partial charge in [0.2, 0.25) is 0 Å². The first kappa shape index (κ1) is 10.6. The third-order valence-electron chi connectivity index (χ3n) is 1.96. The van der Waals surface area contributed by atoms with E-state index in [0.29, 0.717) is 0 Å². The molecule has 0 fully saturated rings. The second-order valence-electron chi connectivity index (χ2n) is 3.16. The smallest absolute Gasteiger partial charge is 0.115 e. The molecule has 0 aliphatic carbocycles. The van der Waals surface area contributed by atoms with Crippen molar-refractivity contribution in [3.8, 4) is 0 Å². The molecule has 1 atom stereocenters. The topological polar surface area (TPSA) is 37.8 Å². The number of halogens is 1. The van der Waals surface area contributed by atoms with E-state index in [1.165, 1.54) is 11.2 Å². The van der Waals surface area contributed by atoms with Crippen LogP contribution in [0.15, 0.2) is 34.6 Å². The highest BCUT2D eigenvalue weighted by Crippen LogP contribution is 2.27. The van der Waals surface area contributed by atoms with Crippen LogP contribution in [0, 0.1) is 0 Å². The van der Waals surface area contributed by atoms with E-state index in [9.17, 15) is 0 Å². The van der Waals surface area contributed by atoms with E-state index in [2.05, 4.69) is 49.6 Å². The van der Waals surface area contributed by atoms with Crippen molar-refractivity contribution in [1.82, 2.24) is 9.97 Å². The molecule has 0 bridgehead atoms. The first-order chi connectivity index (χ1) is 7.25. The number of rotatable bonds is 3. The van der Waals surface area contributed by atoms with Gasteiger partial charge in [-0.25, -0.2) is 9.97 Å². The van der Waals surface area contributed by atoms with Crippen LogP contribution in [0.25, 0.3) is 0 Å². The normalized spacial score (nSPS) is 12.4. The molecule has 0 aromatic carbocycles. The molecule has 0 aliphatic heterocycles. The monoisotopic (exact) mass is 283 g/mol. The minimum absolute atomic E-state index is 0.271. The molecule has 0 amide bonds. The Kier molecular flexibility index (Phi) is 3.33. The summed E-state index contributed by atoms with van der Waals surface area (Å²) in [5.74, 6) is 0. The highest BCUT2D eigenvalue weighted by molar-refractivity contribution is 9.10. The van der Waals surface area contributed by atoms with Crippen molar-refractivity contribution in [3.63, 3.8) is 0 Å². The van der Waals surface area contributed by atoms with Gasteiger partial charge in [-0.2, -0.15) is 0 Å². The van der Waals surface area contributed by atoms with Gasteiger partial charge in [0, 0.05) is 14.7 Å². The van der Waals surface area contributed by atoms with E-state index in [-0.39, 0.29) is 6.04 Å². The number of aromatic nitrogens is 2. The summed E-state index contributed by atoms with van der Waals surface area (Å²) in [5, 5.41) is 5.41. The lowest BCUT2D eigenvalue weighted by Crippen LogP contribution is -2.05. The molecule has 2 aromatic rings. The lowest BCUT2D eigenvalue weighted by atomic mass is 10.2. The van der Waals surface area contributed by atoms with Crippen LogP contribution >= 0.6 is 27.3 Å². The van der Waals surface area contributed by atoms with Crippen LogP contribution in [0.2, 0.25) is 0 Å². The highest BCUT2D eigenvalue weighted by Gasteiger charge is 2.07. The van der Waals surface area contributed by atoms with Gasteiger partial charge in [-0.3, -0.25) is 0 Å². The zero-order valence-electron chi connectivity index (χ0n) is 8.14. The van der Waals surface area contributed by atoms with Crippen LogP contribution in [-0.4, -0.2) is 9.97 Å². The predicted molar refractivity (Wildman–Crippen MR) is 66.1 cm³/mol. The quantitative estimate of drug-likeness (QED) is 0.937. The van der Waals surface area contributed by atoms with Crippen molar-refractivity contribution in [2.45, 2.75) is 13.0 Å². The van der Waals surface area contributed by atoms with Crippen molar-refractivity contribution < 1.29 is 0 Å². The fraction of sp³-hybridized carbons (Fsp3) is 0.200. The van der Waals surface area contributed by atoms with Gasteiger partial charge in [0.25, 0.3) is 0 Å². The van der Waals surface area contributed by atoms with E-state index in [4.69, 9.17) is 0 Å². The Labute approximate surface area is 101 Å². The van der Waals surface area contributed by atoms with Crippen LogP contribution in [0.5, 0.6) is 0 Å². The van der Waals surface area contributed by atoms with E-state index < -0.39 is 0 Å². The van der Waals surface area contributed by atoms with Gasteiger partial charge >= 0.3 is 0 Å². The minimum Gasteiger partial charge on any atom is -0.375 e. The SMILES string of the molecule is CC(Nc1cncnc1)c1cc(Br)cs1. The standard InChI is InChI=1S/C10H10BrN3S/c1-7(10-2-8(11)5-15-10)14-9-3-12-6-13-4-9/h2-7,14H,1H3. The van der Waals surface area contributed by atoms with Crippen molar-refractivity contribution in [3.05, 3.63) is 39.5 Å². The minimum atomic E-state index is 0.271. The van der Waals surface area contributed by atoms with Crippen molar-refractivity contribution >= 4 is 33.0 Å². The average molecular weight is 284 g/mol. The summed E-state index contributed by atoms with van der Waals surface area (Å²) >= 11 is 5.17. The lowest BCUT2D eigenvalue weighted by Gasteiger charge is -2.12. The van der Waals surface area contributed by atoms with E-state index in [1.807, 2.05) is 0 Å². The Morgan fingerprint density at radius 1 is 1.40 bits per heavy atom. The summed E-state index contributed by atoms with van der Waals surface area (Å²) in [4.78, 5) is 9.20. The van der Waals surface area contributed by atoms with Crippen molar-refractivity contribution in [1.29, 1.82) is 0 Å². The van der Waals surface area contributed by atoms with Crippen LogP contribution in [0.4, 0.5) is 5.69 Å². The number of hydrogen-bond acceptors (Lipinski definition) is 4. The number of hydrogen-bond donors (Lipinski definition) is 1. The first-order valence-corrected chi connectivity index (χ1v) is 6.18. The van der Waals surface area contributed by atoms with Crippen LogP contribution < -0.4 is 5.32 Å². The molecule has 3 nitrogen and oxygen atoms in total. The fourth-order valence-electron chi connectivity index (χ4n) is 1.25. The summed E-state index contributed by atoms with van der Waals surface area (Å²) in [6.45, 7) is 2.12. The third-order valence-corrected chi connectivity index (χ3v) is 3.83. The summed E-state index contributed by atoms with van der Waals surface area (Å²) in [7, 11) is 0. The molecule has 5 heteroatoms. The molecule has 0 spiro atoms. The number of thiophene rings is 1. The largest absolute Gasteiger partial charge is 0.375 e. The molecule has 1 unspecified atom stereocenters. The summed E-state index contributed by atoms with van der Waals surface area (Å²) < 4.78 is 1.13. The van der Waals surface area contributed by atoms with Gasteiger partial charge < -0.3 is 5.32 Å². The van der Waals surface area contributed by atoms with Crippen molar-refractivity contribution in [2.75, 3.05) is 5.32 Å². The van der Waals surface area contributed by atoms with Crippen molar-refractivity contribution in [2.24, 2.45) is 0 Å². The molecule has 2 heterocycles. The summed E-state index contributed by atoms with van der Waals surface area (Å²) in [6.07, 6.45) is 5.07. The van der Waals surface area contributed by atoms with Gasteiger partial charge in [-0.15, -0.1) is 11.3 Å². The van der Waals surface area contributed by atoms with Gasteiger partial charge in [0.1, 0.15) is 6.33 Å². The average Bonchev–Trinajstić information content (AvgIpc) is 2.66. The van der Waals surface area contributed by atoms with Gasteiger partial charge in [0.15, 0.2) is 0 Å². The first-order valence-electron chi connectivity index (χ1n) is 4.51. The van der Waals surface area contributed by atoms with Gasteiger partial charge in [-0.1, -0.05) is 0 Å². The summed E-state index contributed by atoms with van der Waals surface area (Å²) in [5.41, 5.74) is 0.939. The molecular weight excluding hydrogens is 274 g/mol. The zero-order chi connectivity index (χ0) is 10.7. The molecular formula is C10H10BrN3S. The number of anilines is 1. The molecule has 78 valence electrons. The van der Waals surface area contributed by atoms with Crippen LogP contribution in [0.1, 0.15) is 17.8 Å². The summed E-state index contributed by atoms with van der Waals surface area (Å²) in [6, 6.07) is 2.39. The second kappa shape index (κ2) is 4.72. The van der Waals surface area contributed by atoms with E-state index in [1.54, 1.807) is 23.7 Å². The highest BCUT2D eigenvalue weighted by atomic mass is 79.9. The molecule has 2 aromatic heterocycles. The maximum absolute atomic E-state index is 3.96. The second-order valence-corrected chi connectivity index (χ2v) is 5.02. The molecule has 0 saturated carbocycles. The molecule has 0 aliphatic rings. The Balaban J connectivity index is 2.07. The maximum Gasteiger partial charge on any atom is 0.115 e. The van der Waals surface area contributed by atoms with Gasteiger partial charge in [-0.05, 0) is 28.9 Å². The number of nitrogens with one attached hydrogen (secondary N) is 1. The molecule has 1 N–H and O–H groups in total. The Morgan fingerprint density at radius 3 is 2.73 bits per heavy atom. The third kappa shape index (κ3) is 2.76. The fourth-order valence-corrected chi connectivity index (χ4v) is 2.70. The molecule has 0 radical (unpaired) electrons. The van der Waals surface area contributed by atoms with Crippen LogP contribution in [0.3, 0.4) is 0 Å². The molecule has 0 saturated heterocycles. The maximum atomic E-state index is 3.96. The molecule has 2 rings (SSSR count). The van der Waals surface area contributed by atoms with E-state index in [0.717, 1.165) is 10.2 Å². The Morgan fingerprint density at radius 2 is 2.13 bits per heavy atom.